The number of hydrogen-bond acceptors (Lipinski definition) is 4. The summed E-state index contributed by atoms with van der Waals surface area (Å²) in [6.45, 7) is 0.410. The molecule has 0 radical (unpaired) electrons. The fourth-order valence-electron chi connectivity index (χ4n) is 1.52. The van der Waals surface area contributed by atoms with Gasteiger partial charge < -0.3 is 9.47 Å². The summed E-state index contributed by atoms with van der Waals surface area (Å²) >= 11 is 0. The Bertz CT molecular complexity index is 562. The molecule has 0 N–H and O–H groups in total. The summed E-state index contributed by atoms with van der Waals surface area (Å²) in [7, 11) is 1.54. The lowest BCUT2D eigenvalue weighted by Gasteiger charge is -2.08. The van der Waals surface area contributed by atoms with Crippen LogP contribution in [0.25, 0.3) is 0 Å². The monoisotopic (exact) mass is 240 g/mol. The van der Waals surface area contributed by atoms with Crippen molar-refractivity contribution in [1.29, 1.82) is 5.26 Å². The Morgan fingerprint density at radius 3 is 2.89 bits per heavy atom. The SMILES string of the molecule is COc1cc(COc2cccnc2)ccc1C#N. The second-order valence-corrected chi connectivity index (χ2v) is 3.62. The van der Waals surface area contributed by atoms with E-state index in [4.69, 9.17) is 14.7 Å². The number of pyridine rings is 1. The number of nitriles is 1. The van der Waals surface area contributed by atoms with Gasteiger partial charge in [0.05, 0.1) is 18.9 Å². The summed E-state index contributed by atoms with van der Waals surface area (Å²) in [5.74, 6) is 1.27. The molecule has 0 spiro atoms. The van der Waals surface area contributed by atoms with E-state index >= 15 is 0 Å². The molecule has 0 amide bonds. The van der Waals surface area contributed by atoms with E-state index in [1.165, 1.54) is 0 Å². The Labute approximate surface area is 105 Å². The van der Waals surface area contributed by atoms with Crippen molar-refractivity contribution >= 4 is 0 Å². The number of methoxy groups -OCH3 is 1. The highest BCUT2D eigenvalue weighted by molar-refractivity contribution is 5.45. The third-order valence-corrected chi connectivity index (χ3v) is 2.43. The molecule has 0 saturated carbocycles. The average molecular weight is 240 g/mol. The molecule has 0 atom stereocenters. The molecule has 0 aliphatic heterocycles. The summed E-state index contributed by atoms with van der Waals surface area (Å²) < 4.78 is 10.7. The van der Waals surface area contributed by atoms with Gasteiger partial charge in [-0.2, -0.15) is 5.26 Å². The fraction of sp³-hybridized carbons (Fsp3) is 0.143. The summed E-state index contributed by atoms with van der Waals surface area (Å²) in [6.07, 6.45) is 3.35. The minimum atomic E-state index is 0.410. The van der Waals surface area contributed by atoms with E-state index in [0.717, 1.165) is 5.56 Å². The smallest absolute Gasteiger partial charge is 0.138 e. The topological polar surface area (TPSA) is 55.1 Å². The Morgan fingerprint density at radius 1 is 1.33 bits per heavy atom. The molecule has 4 heteroatoms. The number of nitrogens with zero attached hydrogens (tertiary/aromatic N) is 2. The zero-order valence-corrected chi connectivity index (χ0v) is 9.96. The van der Waals surface area contributed by atoms with Gasteiger partial charge in [0, 0.05) is 6.20 Å². The molecule has 1 aromatic heterocycles. The van der Waals surface area contributed by atoms with E-state index < -0.39 is 0 Å². The van der Waals surface area contributed by atoms with Gasteiger partial charge in [-0.25, -0.2) is 0 Å². The van der Waals surface area contributed by atoms with Gasteiger partial charge in [-0.1, -0.05) is 6.07 Å². The van der Waals surface area contributed by atoms with Crippen molar-refractivity contribution in [3.05, 3.63) is 53.9 Å². The quantitative estimate of drug-likeness (QED) is 0.824. The van der Waals surface area contributed by atoms with Crippen LogP contribution in [0.5, 0.6) is 11.5 Å². The van der Waals surface area contributed by atoms with Gasteiger partial charge in [0.2, 0.25) is 0 Å². The van der Waals surface area contributed by atoms with Crippen molar-refractivity contribution in [3.8, 4) is 17.6 Å². The number of benzene rings is 1. The third kappa shape index (κ3) is 2.77. The predicted molar refractivity (Wildman–Crippen MR) is 66.3 cm³/mol. The molecule has 90 valence electrons. The molecule has 0 unspecified atom stereocenters. The first-order valence-electron chi connectivity index (χ1n) is 5.43. The second-order valence-electron chi connectivity index (χ2n) is 3.62. The maximum atomic E-state index is 8.88. The summed E-state index contributed by atoms with van der Waals surface area (Å²) in [6, 6.07) is 11.1. The van der Waals surface area contributed by atoms with Crippen molar-refractivity contribution in [2.75, 3.05) is 7.11 Å². The maximum Gasteiger partial charge on any atom is 0.138 e. The van der Waals surface area contributed by atoms with Crippen LogP contribution in [0.1, 0.15) is 11.1 Å². The first kappa shape index (κ1) is 11.9. The first-order valence-corrected chi connectivity index (χ1v) is 5.43. The van der Waals surface area contributed by atoms with Crippen LogP contribution in [0.2, 0.25) is 0 Å². The highest BCUT2D eigenvalue weighted by atomic mass is 16.5. The maximum absolute atomic E-state index is 8.88. The number of hydrogen-bond donors (Lipinski definition) is 0. The lowest BCUT2D eigenvalue weighted by atomic mass is 10.1. The fourth-order valence-corrected chi connectivity index (χ4v) is 1.52. The number of ether oxygens (including phenoxy) is 2. The largest absolute Gasteiger partial charge is 0.495 e. The van der Waals surface area contributed by atoms with Crippen LogP contribution in [0.15, 0.2) is 42.7 Å². The van der Waals surface area contributed by atoms with Gasteiger partial charge in [-0.3, -0.25) is 4.98 Å². The summed E-state index contributed by atoms with van der Waals surface area (Å²) in [4.78, 5) is 3.97. The van der Waals surface area contributed by atoms with E-state index in [1.54, 1.807) is 31.6 Å². The van der Waals surface area contributed by atoms with Crippen LogP contribution in [0, 0.1) is 11.3 Å². The minimum absolute atomic E-state index is 0.410. The number of aromatic nitrogens is 1. The molecule has 18 heavy (non-hydrogen) atoms. The molecule has 0 aliphatic carbocycles. The zero-order valence-electron chi connectivity index (χ0n) is 9.96. The molecule has 0 bridgehead atoms. The average Bonchev–Trinajstić information content (AvgIpc) is 2.45. The number of rotatable bonds is 4. The molecule has 2 aromatic rings. The van der Waals surface area contributed by atoms with Gasteiger partial charge in [-0.05, 0) is 29.8 Å². The minimum Gasteiger partial charge on any atom is -0.495 e. The lowest BCUT2D eigenvalue weighted by molar-refractivity contribution is 0.304. The van der Waals surface area contributed by atoms with Crippen LogP contribution >= 0.6 is 0 Å². The van der Waals surface area contributed by atoms with E-state index in [2.05, 4.69) is 11.1 Å². The van der Waals surface area contributed by atoms with E-state index in [0.29, 0.717) is 23.7 Å². The molecular weight excluding hydrogens is 228 g/mol. The molecule has 0 fully saturated rings. The standard InChI is InChI=1S/C14H12N2O2/c1-17-14-7-11(4-5-12(14)8-15)10-18-13-3-2-6-16-9-13/h2-7,9H,10H2,1H3. The summed E-state index contributed by atoms with van der Waals surface area (Å²) in [5, 5.41) is 8.88. The highest BCUT2D eigenvalue weighted by Gasteiger charge is 2.04. The van der Waals surface area contributed by atoms with Crippen molar-refractivity contribution in [2.45, 2.75) is 6.61 Å². The lowest BCUT2D eigenvalue weighted by Crippen LogP contribution is -1.97. The van der Waals surface area contributed by atoms with Crippen LogP contribution in [0.4, 0.5) is 0 Å². The highest BCUT2D eigenvalue weighted by Crippen LogP contribution is 2.20. The van der Waals surface area contributed by atoms with Gasteiger partial charge in [-0.15, -0.1) is 0 Å². The molecule has 4 nitrogen and oxygen atoms in total. The van der Waals surface area contributed by atoms with Crippen molar-refractivity contribution in [1.82, 2.24) is 4.98 Å². The van der Waals surface area contributed by atoms with Crippen molar-refractivity contribution in [3.63, 3.8) is 0 Å². The molecule has 2 rings (SSSR count). The van der Waals surface area contributed by atoms with Crippen LogP contribution in [-0.4, -0.2) is 12.1 Å². The second kappa shape index (κ2) is 5.69. The van der Waals surface area contributed by atoms with E-state index in [-0.39, 0.29) is 0 Å². The molecule has 0 aliphatic rings. The van der Waals surface area contributed by atoms with Gasteiger partial charge >= 0.3 is 0 Å². The van der Waals surface area contributed by atoms with Crippen LogP contribution < -0.4 is 9.47 Å². The first-order chi connectivity index (χ1) is 8.83. The van der Waals surface area contributed by atoms with Crippen molar-refractivity contribution < 1.29 is 9.47 Å². The van der Waals surface area contributed by atoms with E-state index in [9.17, 15) is 0 Å². The predicted octanol–water partition coefficient (Wildman–Crippen LogP) is 2.54. The Kier molecular flexibility index (Phi) is 3.77. The van der Waals surface area contributed by atoms with Crippen LogP contribution in [-0.2, 0) is 6.61 Å². The third-order valence-electron chi connectivity index (χ3n) is 2.43. The van der Waals surface area contributed by atoms with Gasteiger partial charge in [0.25, 0.3) is 0 Å². The molecule has 0 saturated heterocycles. The molecule has 1 heterocycles. The van der Waals surface area contributed by atoms with Gasteiger partial charge in [0.1, 0.15) is 24.2 Å². The Hall–Kier alpha value is -2.54. The van der Waals surface area contributed by atoms with Crippen molar-refractivity contribution in [2.24, 2.45) is 0 Å². The van der Waals surface area contributed by atoms with Crippen LogP contribution in [0.3, 0.4) is 0 Å². The zero-order chi connectivity index (χ0) is 12.8. The molecular formula is C14H12N2O2. The Balaban J connectivity index is 2.09. The summed E-state index contributed by atoms with van der Waals surface area (Å²) in [5.41, 5.74) is 1.46. The molecule has 1 aromatic carbocycles. The Morgan fingerprint density at radius 2 is 2.22 bits per heavy atom. The normalized spacial score (nSPS) is 9.56. The van der Waals surface area contributed by atoms with Gasteiger partial charge in [0.15, 0.2) is 0 Å². The van der Waals surface area contributed by atoms with E-state index in [1.807, 2.05) is 18.2 Å².